The molecule has 1 aromatic heterocycles. The predicted octanol–water partition coefficient (Wildman–Crippen LogP) is 3.73. The Bertz CT molecular complexity index is 439. The van der Waals surface area contributed by atoms with Gasteiger partial charge in [0.05, 0.1) is 0 Å². The number of thiazole rings is 1. The average molecular weight is 363 g/mol. The molecule has 0 aliphatic rings. The summed E-state index contributed by atoms with van der Waals surface area (Å²) >= 11 is 3.51. The molecule has 21 heavy (non-hydrogen) atoms. The molecule has 8 heteroatoms. The fraction of sp³-hybridized carbons (Fsp3) is 0.692. The zero-order chi connectivity index (χ0) is 15.9. The van der Waals surface area contributed by atoms with E-state index in [1.165, 1.54) is 0 Å². The van der Waals surface area contributed by atoms with E-state index < -0.39 is 16.6 Å². The van der Waals surface area contributed by atoms with Crippen molar-refractivity contribution in [3.63, 3.8) is 0 Å². The van der Waals surface area contributed by atoms with Crippen molar-refractivity contribution >= 4 is 45.6 Å². The lowest BCUT2D eigenvalue weighted by atomic mass is 10.5. The molecular weight excluding hydrogens is 336 g/mol. The van der Waals surface area contributed by atoms with Crippen LogP contribution in [0.15, 0.2) is 15.9 Å². The Hall–Kier alpha value is -0.156. The van der Waals surface area contributed by atoms with Gasteiger partial charge in [-0.05, 0) is 38.7 Å². The van der Waals surface area contributed by atoms with Gasteiger partial charge in [-0.15, -0.1) is 11.3 Å². The van der Waals surface area contributed by atoms with E-state index in [1.54, 1.807) is 18.3 Å². The first kappa shape index (κ1) is 18.9. The maximum Gasteiger partial charge on any atom is 0.216 e. The number of thioether (sulfide) groups is 1. The first-order valence-electron chi connectivity index (χ1n) is 7.17. The van der Waals surface area contributed by atoms with Gasteiger partial charge in [-0.3, -0.25) is 4.79 Å². The predicted molar refractivity (Wildman–Crippen MR) is 97.0 cm³/mol. The Morgan fingerprint density at radius 1 is 1.38 bits per heavy atom. The van der Waals surface area contributed by atoms with Crippen molar-refractivity contribution in [3.8, 4) is 0 Å². The highest BCUT2D eigenvalue weighted by molar-refractivity contribution is 8.02. The molecule has 0 aliphatic heterocycles. The molecule has 0 radical (unpaired) electrons. The van der Waals surface area contributed by atoms with Crippen LogP contribution in [0.2, 0.25) is 32.2 Å². The first-order chi connectivity index (χ1) is 9.70. The second-order valence-corrected chi connectivity index (χ2v) is 17.6. The third-order valence-corrected chi connectivity index (χ3v) is 13.7. The molecule has 0 saturated carbocycles. The number of aromatic nitrogens is 1. The zero-order valence-corrected chi connectivity index (χ0v) is 17.2. The second kappa shape index (κ2) is 8.47. The summed E-state index contributed by atoms with van der Waals surface area (Å²) in [4.78, 5) is 15.2. The minimum Gasteiger partial charge on any atom is -0.455 e. The van der Waals surface area contributed by atoms with Crippen LogP contribution in [0.1, 0.15) is 13.3 Å². The van der Waals surface area contributed by atoms with Crippen LogP contribution in [0.25, 0.3) is 0 Å². The SMILES string of the molecule is CC(=O)NCCC[Si](C)(C)O[Si](C)(C)CSc1nccs1. The molecule has 1 aromatic rings. The highest BCUT2D eigenvalue weighted by Gasteiger charge is 2.32. The van der Waals surface area contributed by atoms with Crippen LogP contribution < -0.4 is 5.32 Å². The Morgan fingerprint density at radius 3 is 2.67 bits per heavy atom. The molecule has 1 heterocycles. The smallest absolute Gasteiger partial charge is 0.216 e. The molecule has 0 aliphatic carbocycles. The van der Waals surface area contributed by atoms with E-state index in [-0.39, 0.29) is 5.91 Å². The maximum absolute atomic E-state index is 10.9. The molecule has 0 unspecified atom stereocenters. The lowest BCUT2D eigenvalue weighted by Crippen LogP contribution is -2.46. The minimum absolute atomic E-state index is 0.0462. The van der Waals surface area contributed by atoms with Gasteiger partial charge >= 0.3 is 0 Å². The van der Waals surface area contributed by atoms with Gasteiger partial charge < -0.3 is 9.43 Å². The van der Waals surface area contributed by atoms with Crippen molar-refractivity contribution in [3.05, 3.63) is 11.6 Å². The van der Waals surface area contributed by atoms with Crippen molar-refractivity contribution in [2.45, 2.75) is 49.9 Å². The van der Waals surface area contributed by atoms with Gasteiger partial charge in [-0.25, -0.2) is 4.98 Å². The van der Waals surface area contributed by atoms with Crippen LogP contribution in [0.5, 0.6) is 0 Å². The maximum atomic E-state index is 10.9. The molecular formula is C13H26N2O2S2Si2. The van der Waals surface area contributed by atoms with Crippen molar-refractivity contribution in [1.82, 2.24) is 10.3 Å². The molecule has 4 nitrogen and oxygen atoms in total. The summed E-state index contributed by atoms with van der Waals surface area (Å²) in [6.07, 6.45) is 2.85. The highest BCUT2D eigenvalue weighted by atomic mass is 32.2. The van der Waals surface area contributed by atoms with E-state index in [0.29, 0.717) is 0 Å². The van der Waals surface area contributed by atoms with Gasteiger partial charge in [0, 0.05) is 30.4 Å². The van der Waals surface area contributed by atoms with Crippen LogP contribution in [0, 0.1) is 0 Å². The molecule has 1 amide bonds. The topological polar surface area (TPSA) is 51.2 Å². The summed E-state index contributed by atoms with van der Waals surface area (Å²) in [5.74, 6) is 0.0462. The minimum atomic E-state index is -1.67. The van der Waals surface area contributed by atoms with Crippen molar-refractivity contribution in [1.29, 1.82) is 0 Å². The zero-order valence-electron chi connectivity index (χ0n) is 13.6. The average Bonchev–Trinajstić information content (AvgIpc) is 2.84. The van der Waals surface area contributed by atoms with E-state index in [0.717, 1.165) is 28.7 Å². The van der Waals surface area contributed by atoms with Gasteiger partial charge in [-0.2, -0.15) is 0 Å². The Morgan fingerprint density at radius 2 is 2.10 bits per heavy atom. The first-order valence-corrected chi connectivity index (χ1v) is 15.3. The summed E-state index contributed by atoms with van der Waals surface area (Å²) in [7, 11) is -3.33. The third kappa shape index (κ3) is 8.77. The van der Waals surface area contributed by atoms with Gasteiger partial charge in [0.25, 0.3) is 0 Å². The Kier molecular flexibility index (Phi) is 7.62. The molecule has 1 N–H and O–H groups in total. The van der Waals surface area contributed by atoms with E-state index in [1.807, 2.05) is 23.3 Å². The molecule has 0 aromatic carbocycles. The fourth-order valence-corrected chi connectivity index (χ4v) is 13.7. The van der Waals surface area contributed by atoms with Gasteiger partial charge in [-0.1, -0.05) is 11.8 Å². The van der Waals surface area contributed by atoms with Gasteiger partial charge in [0.2, 0.25) is 5.91 Å². The van der Waals surface area contributed by atoms with Crippen LogP contribution in [0.3, 0.4) is 0 Å². The fourth-order valence-electron chi connectivity index (χ4n) is 2.12. The van der Waals surface area contributed by atoms with E-state index in [2.05, 4.69) is 36.5 Å². The number of nitrogens with zero attached hydrogens (tertiary/aromatic N) is 1. The van der Waals surface area contributed by atoms with Gasteiger partial charge in [0.1, 0.15) is 4.34 Å². The van der Waals surface area contributed by atoms with E-state index >= 15 is 0 Å². The highest BCUT2D eigenvalue weighted by Crippen LogP contribution is 2.27. The van der Waals surface area contributed by atoms with Crippen molar-refractivity contribution in [2.24, 2.45) is 0 Å². The summed E-state index contributed by atoms with van der Waals surface area (Å²) in [5.41, 5.74) is 0. The molecule has 0 bridgehead atoms. The second-order valence-electron chi connectivity index (χ2n) is 6.29. The normalized spacial score (nSPS) is 12.4. The van der Waals surface area contributed by atoms with E-state index in [9.17, 15) is 4.79 Å². The van der Waals surface area contributed by atoms with Gasteiger partial charge in [0.15, 0.2) is 16.6 Å². The number of nitrogens with one attached hydrogen (secondary N) is 1. The van der Waals surface area contributed by atoms with Crippen LogP contribution >= 0.6 is 23.1 Å². The quantitative estimate of drug-likeness (QED) is 0.413. The van der Waals surface area contributed by atoms with Crippen LogP contribution in [-0.4, -0.2) is 39.4 Å². The number of hydrogen-bond donors (Lipinski definition) is 1. The summed E-state index contributed by atoms with van der Waals surface area (Å²) in [6, 6.07) is 1.09. The standard InChI is InChI=1S/C13H26N2O2S2Si2/c1-12(16)14-7-6-10-20(2,3)17-21(4,5)11-19-13-15-8-9-18-13/h8-9H,6-7,10-11H2,1-5H3,(H,14,16). The van der Waals surface area contributed by atoms with Crippen molar-refractivity contribution < 1.29 is 8.91 Å². The molecule has 0 saturated heterocycles. The number of amides is 1. The summed E-state index contributed by atoms with van der Waals surface area (Å²) in [6.45, 7) is 11.5. The Labute approximate surface area is 138 Å². The Balaban J connectivity index is 2.34. The van der Waals surface area contributed by atoms with Crippen molar-refractivity contribution in [2.75, 3.05) is 11.9 Å². The lowest BCUT2D eigenvalue weighted by molar-refractivity contribution is -0.118. The summed E-state index contributed by atoms with van der Waals surface area (Å²) < 4.78 is 7.68. The molecule has 120 valence electrons. The number of hydrogen-bond acceptors (Lipinski definition) is 5. The number of carbonyl (C=O) groups is 1. The third-order valence-electron chi connectivity index (χ3n) is 2.84. The lowest BCUT2D eigenvalue weighted by Gasteiger charge is -2.33. The molecule has 0 spiro atoms. The summed E-state index contributed by atoms with van der Waals surface area (Å²) in [5, 5.41) is 5.91. The monoisotopic (exact) mass is 362 g/mol. The number of rotatable bonds is 9. The van der Waals surface area contributed by atoms with Crippen LogP contribution in [0.4, 0.5) is 0 Å². The largest absolute Gasteiger partial charge is 0.455 e. The van der Waals surface area contributed by atoms with E-state index in [4.69, 9.17) is 4.12 Å². The molecule has 0 atom stereocenters. The van der Waals surface area contributed by atoms with Crippen LogP contribution in [-0.2, 0) is 8.91 Å². The molecule has 0 fully saturated rings. The number of carbonyl (C=O) groups excluding carboxylic acids is 1. The molecule has 1 rings (SSSR count).